The average Bonchev–Trinajstić information content (AvgIpc) is 3.49. The van der Waals surface area contributed by atoms with Gasteiger partial charge in [0.15, 0.2) is 5.76 Å². The fraction of sp³-hybridized carbons (Fsp3) is 0.348. The second-order valence-corrected chi connectivity index (χ2v) is 7.40. The lowest BCUT2D eigenvalue weighted by atomic mass is 10.1. The Kier molecular flexibility index (Phi) is 6.06. The third-order valence-electron chi connectivity index (χ3n) is 5.40. The molecule has 1 saturated heterocycles. The van der Waals surface area contributed by atoms with Crippen molar-refractivity contribution in [1.29, 1.82) is 0 Å². The molecule has 0 unspecified atom stereocenters. The molecule has 3 heterocycles. The minimum atomic E-state index is -0.147. The number of rotatable bonds is 6. The molecule has 0 aliphatic carbocycles. The Hall–Kier alpha value is -3.55. The monoisotopic (exact) mass is 422 g/mol. The molecule has 8 heteroatoms. The molecule has 0 spiro atoms. The molecule has 0 bridgehead atoms. The number of aryl methyl sites for hydroxylation is 1. The van der Waals surface area contributed by atoms with Gasteiger partial charge in [-0.1, -0.05) is 19.1 Å². The summed E-state index contributed by atoms with van der Waals surface area (Å²) in [4.78, 5) is 29.3. The van der Waals surface area contributed by atoms with E-state index in [0.29, 0.717) is 55.6 Å². The molecule has 0 radical (unpaired) electrons. The Bertz CT molecular complexity index is 1050. The van der Waals surface area contributed by atoms with Crippen LogP contribution in [0.5, 0.6) is 5.75 Å². The van der Waals surface area contributed by atoms with E-state index in [1.54, 1.807) is 33.7 Å². The summed E-state index contributed by atoms with van der Waals surface area (Å²) in [5, 5.41) is 4.68. The number of piperazine rings is 1. The first-order chi connectivity index (χ1) is 15.1. The molecule has 3 aromatic rings. The van der Waals surface area contributed by atoms with Gasteiger partial charge < -0.3 is 19.0 Å². The summed E-state index contributed by atoms with van der Waals surface area (Å²) in [6.45, 7) is 4.56. The van der Waals surface area contributed by atoms with Crippen LogP contribution in [-0.2, 0) is 6.54 Å². The highest BCUT2D eigenvalue weighted by Gasteiger charge is 2.28. The van der Waals surface area contributed by atoms with Gasteiger partial charge in [0.1, 0.15) is 11.4 Å². The quantitative estimate of drug-likeness (QED) is 0.610. The number of amides is 2. The van der Waals surface area contributed by atoms with Crippen molar-refractivity contribution in [2.45, 2.75) is 19.9 Å². The maximum Gasteiger partial charge on any atom is 0.289 e. The van der Waals surface area contributed by atoms with Crippen molar-refractivity contribution in [2.75, 3.05) is 33.3 Å². The van der Waals surface area contributed by atoms with E-state index in [1.165, 1.54) is 6.26 Å². The van der Waals surface area contributed by atoms with Crippen LogP contribution >= 0.6 is 0 Å². The lowest BCUT2D eigenvalue weighted by Gasteiger charge is -2.34. The molecule has 162 valence electrons. The fourth-order valence-electron chi connectivity index (χ4n) is 3.79. The van der Waals surface area contributed by atoms with Crippen molar-refractivity contribution in [3.63, 3.8) is 0 Å². The van der Waals surface area contributed by atoms with Crippen LogP contribution in [-0.4, -0.2) is 64.7 Å². The molecule has 31 heavy (non-hydrogen) atoms. The highest BCUT2D eigenvalue weighted by atomic mass is 16.5. The molecule has 0 saturated carbocycles. The van der Waals surface area contributed by atoms with Gasteiger partial charge in [0.2, 0.25) is 0 Å². The van der Waals surface area contributed by atoms with Gasteiger partial charge in [0, 0.05) is 38.3 Å². The summed E-state index contributed by atoms with van der Waals surface area (Å²) in [6, 6.07) is 12.8. The fourth-order valence-corrected chi connectivity index (χ4v) is 3.79. The Balaban J connectivity index is 1.52. The third-order valence-corrected chi connectivity index (χ3v) is 5.40. The molecule has 2 aromatic heterocycles. The molecule has 2 amide bonds. The van der Waals surface area contributed by atoms with Crippen molar-refractivity contribution in [1.82, 2.24) is 19.6 Å². The van der Waals surface area contributed by atoms with Crippen LogP contribution in [0.2, 0.25) is 0 Å². The van der Waals surface area contributed by atoms with Crippen molar-refractivity contribution in [3.8, 4) is 17.0 Å². The van der Waals surface area contributed by atoms with Crippen LogP contribution in [0.3, 0.4) is 0 Å². The summed E-state index contributed by atoms with van der Waals surface area (Å²) in [7, 11) is 1.62. The predicted octanol–water partition coefficient (Wildman–Crippen LogP) is 3.16. The summed E-state index contributed by atoms with van der Waals surface area (Å²) < 4.78 is 12.4. The van der Waals surface area contributed by atoms with Gasteiger partial charge in [0.05, 0.1) is 19.1 Å². The van der Waals surface area contributed by atoms with Crippen molar-refractivity contribution < 1.29 is 18.7 Å². The zero-order valence-electron chi connectivity index (χ0n) is 17.8. The number of carbonyl (C=O) groups is 2. The summed E-state index contributed by atoms with van der Waals surface area (Å²) in [5.41, 5.74) is 2.11. The number of hydrogen-bond acceptors (Lipinski definition) is 5. The van der Waals surface area contributed by atoms with Crippen LogP contribution in [0.15, 0.2) is 53.1 Å². The van der Waals surface area contributed by atoms with E-state index < -0.39 is 0 Å². The number of aromatic nitrogens is 2. The Morgan fingerprint density at radius 1 is 1.03 bits per heavy atom. The number of benzene rings is 1. The number of methoxy groups -OCH3 is 1. The van der Waals surface area contributed by atoms with Gasteiger partial charge in [-0.25, -0.2) is 0 Å². The van der Waals surface area contributed by atoms with Crippen LogP contribution in [0.4, 0.5) is 0 Å². The third kappa shape index (κ3) is 4.19. The van der Waals surface area contributed by atoms with Crippen molar-refractivity contribution in [3.05, 3.63) is 60.2 Å². The van der Waals surface area contributed by atoms with E-state index in [1.807, 2.05) is 30.3 Å². The number of nitrogens with zero attached hydrogens (tertiary/aromatic N) is 4. The van der Waals surface area contributed by atoms with Gasteiger partial charge in [-0.15, -0.1) is 0 Å². The average molecular weight is 422 g/mol. The van der Waals surface area contributed by atoms with E-state index in [4.69, 9.17) is 9.15 Å². The molecule has 8 nitrogen and oxygen atoms in total. The Morgan fingerprint density at radius 3 is 2.39 bits per heavy atom. The molecule has 1 aliphatic rings. The molecule has 1 aromatic carbocycles. The van der Waals surface area contributed by atoms with Gasteiger partial charge in [-0.05, 0) is 36.8 Å². The highest BCUT2D eigenvalue weighted by molar-refractivity contribution is 5.95. The zero-order valence-corrected chi connectivity index (χ0v) is 17.8. The van der Waals surface area contributed by atoms with Gasteiger partial charge in [-0.3, -0.25) is 14.3 Å². The normalized spacial score (nSPS) is 14.0. The molecule has 0 atom stereocenters. The standard InChI is InChI=1S/C23H26N4O4/c1-3-10-27-19(16-18(24-27)17-7-4-5-8-20(17)30-2)22(28)25-11-13-26(14-12-25)23(29)21-9-6-15-31-21/h4-9,15-16H,3,10-14H2,1-2H3. The maximum atomic E-state index is 13.3. The zero-order chi connectivity index (χ0) is 21.8. The highest BCUT2D eigenvalue weighted by Crippen LogP contribution is 2.29. The molecular formula is C23H26N4O4. The summed E-state index contributed by atoms with van der Waals surface area (Å²) in [5.74, 6) is 0.814. The second kappa shape index (κ2) is 9.07. The van der Waals surface area contributed by atoms with E-state index in [2.05, 4.69) is 12.0 Å². The molecule has 0 N–H and O–H groups in total. The smallest absolute Gasteiger partial charge is 0.289 e. The SMILES string of the molecule is CCCn1nc(-c2ccccc2OC)cc1C(=O)N1CCN(C(=O)c2ccco2)CC1. The largest absolute Gasteiger partial charge is 0.496 e. The Morgan fingerprint density at radius 2 is 1.74 bits per heavy atom. The van der Waals surface area contributed by atoms with Gasteiger partial charge >= 0.3 is 0 Å². The van der Waals surface area contributed by atoms with Gasteiger partial charge in [0.25, 0.3) is 11.8 Å². The van der Waals surface area contributed by atoms with Crippen LogP contribution in [0.1, 0.15) is 34.4 Å². The first-order valence-electron chi connectivity index (χ1n) is 10.5. The summed E-state index contributed by atoms with van der Waals surface area (Å²) in [6.07, 6.45) is 2.35. The van der Waals surface area contributed by atoms with Crippen LogP contribution < -0.4 is 4.74 Å². The summed E-state index contributed by atoms with van der Waals surface area (Å²) >= 11 is 0. The topological polar surface area (TPSA) is 80.8 Å². The number of furan rings is 1. The first kappa shape index (κ1) is 20.7. The number of hydrogen-bond donors (Lipinski definition) is 0. The molecule has 1 fully saturated rings. The van der Waals surface area contributed by atoms with E-state index >= 15 is 0 Å². The number of ether oxygens (including phenoxy) is 1. The lowest BCUT2D eigenvalue weighted by Crippen LogP contribution is -2.50. The van der Waals surface area contributed by atoms with Crippen molar-refractivity contribution >= 4 is 11.8 Å². The van der Waals surface area contributed by atoms with E-state index in [-0.39, 0.29) is 11.8 Å². The Labute approximate surface area is 181 Å². The predicted molar refractivity (Wildman–Crippen MR) is 115 cm³/mol. The minimum Gasteiger partial charge on any atom is -0.496 e. The second-order valence-electron chi connectivity index (χ2n) is 7.40. The number of para-hydroxylation sites is 1. The minimum absolute atomic E-state index is 0.0767. The van der Waals surface area contributed by atoms with Crippen LogP contribution in [0, 0.1) is 0 Å². The van der Waals surface area contributed by atoms with Gasteiger partial charge in [-0.2, -0.15) is 5.10 Å². The van der Waals surface area contributed by atoms with Crippen LogP contribution in [0.25, 0.3) is 11.3 Å². The molecule has 1 aliphatic heterocycles. The first-order valence-corrected chi connectivity index (χ1v) is 10.5. The molecular weight excluding hydrogens is 396 g/mol. The maximum absolute atomic E-state index is 13.3. The number of carbonyl (C=O) groups excluding carboxylic acids is 2. The lowest BCUT2D eigenvalue weighted by molar-refractivity contribution is 0.0511. The van der Waals surface area contributed by atoms with E-state index in [9.17, 15) is 9.59 Å². The van der Waals surface area contributed by atoms with E-state index in [0.717, 1.165) is 12.0 Å². The van der Waals surface area contributed by atoms with Crippen molar-refractivity contribution in [2.24, 2.45) is 0 Å². The molecule has 4 rings (SSSR count).